The van der Waals surface area contributed by atoms with Gasteiger partial charge in [0.1, 0.15) is 0 Å². The maximum Gasteiger partial charge on any atom is 0.0438 e. The maximum absolute atomic E-state index is 6.11. The number of hydrogen-bond donors (Lipinski definition) is 1. The molecule has 1 aromatic rings. The topological polar surface area (TPSA) is 12.0 Å². The highest BCUT2D eigenvalue weighted by molar-refractivity contribution is 6.31. The fourth-order valence-electron chi connectivity index (χ4n) is 2.05. The van der Waals surface area contributed by atoms with E-state index in [1.807, 2.05) is 7.05 Å². The first-order chi connectivity index (χ1) is 8.04. The second-order valence-corrected chi connectivity index (χ2v) is 5.47. The van der Waals surface area contributed by atoms with Gasteiger partial charge in [-0.3, -0.25) is 0 Å². The third-order valence-electron chi connectivity index (χ3n) is 3.41. The summed E-state index contributed by atoms with van der Waals surface area (Å²) in [5.74, 6) is 0.776. The molecule has 1 rings (SSSR count). The molecule has 0 spiro atoms. The molecule has 1 nitrogen and oxygen atoms in total. The van der Waals surface area contributed by atoms with Gasteiger partial charge in [0.2, 0.25) is 0 Å². The van der Waals surface area contributed by atoms with Crippen LogP contribution >= 0.6 is 11.6 Å². The lowest BCUT2D eigenvalue weighted by atomic mass is 9.95. The molecular formula is C15H24ClN. The third-order valence-corrected chi connectivity index (χ3v) is 3.82. The highest BCUT2D eigenvalue weighted by Crippen LogP contribution is 2.22. The van der Waals surface area contributed by atoms with Gasteiger partial charge in [-0.05, 0) is 75.4 Å². The van der Waals surface area contributed by atoms with Crippen molar-refractivity contribution in [1.29, 1.82) is 0 Å². The lowest BCUT2D eigenvalue weighted by Crippen LogP contribution is -2.12. The van der Waals surface area contributed by atoms with E-state index < -0.39 is 0 Å². The van der Waals surface area contributed by atoms with Crippen LogP contribution in [-0.2, 0) is 6.42 Å². The van der Waals surface area contributed by atoms with E-state index in [4.69, 9.17) is 11.6 Å². The number of halogens is 1. The summed E-state index contributed by atoms with van der Waals surface area (Å²) < 4.78 is 0. The van der Waals surface area contributed by atoms with Crippen LogP contribution in [0.3, 0.4) is 0 Å². The molecule has 0 saturated heterocycles. The Kier molecular flexibility index (Phi) is 6.01. The third kappa shape index (κ3) is 4.69. The van der Waals surface area contributed by atoms with Gasteiger partial charge >= 0.3 is 0 Å². The first kappa shape index (κ1) is 14.5. The zero-order chi connectivity index (χ0) is 12.8. The molecule has 0 aromatic heterocycles. The summed E-state index contributed by atoms with van der Waals surface area (Å²) in [6, 6.07) is 4.33. The van der Waals surface area contributed by atoms with Crippen LogP contribution in [0.15, 0.2) is 12.1 Å². The van der Waals surface area contributed by atoms with Crippen molar-refractivity contribution < 1.29 is 0 Å². The second kappa shape index (κ2) is 7.03. The molecule has 0 aliphatic rings. The molecule has 0 bridgehead atoms. The first-order valence-electron chi connectivity index (χ1n) is 6.44. The van der Waals surface area contributed by atoms with Crippen molar-refractivity contribution >= 4 is 11.6 Å². The first-order valence-corrected chi connectivity index (χ1v) is 6.82. The molecule has 1 atom stereocenters. The van der Waals surface area contributed by atoms with Gasteiger partial charge in [0.25, 0.3) is 0 Å². The Morgan fingerprint density at radius 1 is 1.18 bits per heavy atom. The maximum atomic E-state index is 6.11. The summed E-state index contributed by atoms with van der Waals surface area (Å²) in [5.41, 5.74) is 3.96. The van der Waals surface area contributed by atoms with Gasteiger partial charge in [0.15, 0.2) is 0 Å². The molecule has 0 aliphatic heterocycles. The van der Waals surface area contributed by atoms with E-state index in [1.54, 1.807) is 0 Å². The summed E-state index contributed by atoms with van der Waals surface area (Å²) in [6.45, 7) is 7.67. The zero-order valence-electron chi connectivity index (χ0n) is 11.4. The van der Waals surface area contributed by atoms with Crippen LogP contribution in [-0.4, -0.2) is 13.6 Å². The monoisotopic (exact) mass is 253 g/mol. The zero-order valence-corrected chi connectivity index (χ0v) is 12.2. The molecule has 1 unspecified atom stereocenters. The smallest absolute Gasteiger partial charge is 0.0438 e. The van der Waals surface area contributed by atoms with Gasteiger partial charge in [-0.15, -0.1) is 0 Å². The Balaban J connectivity index is 2.54. The predicted molar refractivity (Wildman–Crippen MR) is 77.0 cm³/mol. The van der Waals surface area contributed by atoms with E-state index in [0.717, 1.165) is 23.9 Å². The number of rotatable bonds is 6. The summed E-state index contributed by atoms with van der Waals surface area (Å²) in [6.07, 6.45) is 3.67. The van der Waals surface area contributed by atoms with E-state index >= 15 is 0 Å². The normalized spacial score (nSPS) is 12.8. The van der Waals surface area contributed by atoms with Crippen molar-refractivity contribution in [3.63, 3.8) is 0 Å². The van der Waals surface area contributed by atoms with Crippen molar-refractivity contribution in [2.45, 2.75) is 40.0 Å². The van der Waals surface area contributed by atoms with Crippen molar-refractivity contribution in [3.05, 3.63) is 33.8 Å². The van der Waals surface area contributed by atoms with Gasteiger partial charge in [0, 0.05) is 5.02 Å². The standard InChI is InChI=1S/C15H24ClN/c1-11(7-8-17-4)5-6-14-9-13(3)15(16)10-12(14)2/h9-11,17H,5-8H2,1-4H3. The average molecular weight is 254 g/mol. The molecule has 96 valence electrons. The molecular weight excluding hydrogens is 230 g/mol. The fraction of sp³-hybridized carbons (Fsp3) is 0.600. The molecule has 0 radical (unpaired) electrons. The quantitative estimate of drug-likeness (QED) is 0.804. The van der Waals surface area contributed by atoms with Crippen molar-refractivity contribution in [3.8, 4) is 0 Å². The van der Waals surface area contributed by atoms with Crippen molar-refractivity contribution in [2.24, 2.45) is 5.92 Å². The number of benzene rings is 1. The molecule has 0 heterocycles. The van der Waals surface area contributed by atoms with E-state index in [9.17, 15) is 0 Å². The SMILES string of the molecule is CNCCC(C)CCc1cc(C)c(Cl)cc1C. The van der Waals surface area contributed by atoms with Gasteiger partial charge in [-0.25, -0.2) is 0 Å². The van der Waals surface area contributed by atoms with Gasteiger partial charge in [-0.1, -0.05) is 24.6 Å². The Hall–Kier alpha value is -0.530. The Morgan fingerprint density at radius 2 is 1.88 bits per heavy atom. The van der Waals surface area contributed by atoms with E-state index in [0.29, 0.717) is 0 Å². The minimum atomic E-state index is 0.776. The Labute approximate surface area is 111 Å². The van der Waals surface area contributed by atoms with Gasteiger partial charge in [-0.2, -0.15) is 0 Å². The van der Waals surface area contributed by atoms with Crippen LogP contribution in [0.1, 0.15) is 36.5 Å². The largest absolute Gasteiger partial charge is 0.320 e. The summed E-state index contributed by atoms with van der Waals surface area (Å²) >= 11 is 6.11. The highest BCUT2D eigenvalue weighted by Gasteiger charge is 2.06. The minimum Gasteiger partial charge on any atom is -0.320 e. The molecule has 2 heteroatoms. The molecule has 0 aliphatic carbocycles. The van der Waals surface area contributed by atoms with Crippen LogP contribution in [0.25, 0.3) is 0 Å². The van der Waals surface area contributed by atoms with Crippen LogP contribution in [0.2, 0.25) is 5.02 Å². The number of aryl methyl sites for hydroxylation is 3. The summed E-state index contributed by atoms with van der Waals surface area (Å²) in [5, 5.41) is 4.09. The summed E-state index contributed by atoms with van der Waals surface area (Å²) in [7, 11) is 2.01. The number of hydrogen-bond acceptors (Lipinski definition) is 1. The second-order valence-electron chi connectivity index (χ2n) is 5.06. The van der Waals surface area contributed by atoms with E-state index in [1.165, 1.54) is 29.5 Å². The fourth-order valence-corrected chi connectivity index (χ4v) is 2.27. The lowest BCUT2D eigenvalue weighted by molar-refractivity contribution is 0.481. The molecule has 0 saturated carbocycles. The lowest BCUT2D eigenvalue weighted by Gasteiger charge is -2.13. The van der Waals surface area contributed by atoms with Crippen LogP contribution in [0.4, 0.5) is 0 Å². The molecule has 17 heavy (non-hydrogen) atoms. The van der Waals surface area contributed by atoms with Crippen LogP contribution in [0, 0.1) is 19.8 Å². The summed E-state index contributed by atoms with van der Waals surface area (Å²) in [4.78, 5) is 0. The van der Waals surface area contributed by atoms with Crippen LogP contribution in [0.5, 0.6) is 0 Å². The average Bonchev–Trinajstić information content (AvgIpc) is 2.29. The molecule has 1 N–H and O–H groups in total. The Morgan fingerprint density at radius 3 is 2.53 bits per heavy atom. The highest BCUT2D eigenvalue weighted by atomic mass is 35.5. The number of nitrogens with one attached hydrogen (secondary N) is 1. The predicted octanol–water partition coefficient (Wildman–Crippen LogP) is 4.14. The van der Waals surface area contributed by atoms with Crippen molar-refractivity contribution in [1.82, 2.24) is 5.32 Å². The van der Waals surface area contributed by atoms with Crippen molar-refractivity contribution in [2.75, 3.05) is 13.6 Å². The molecule has 1 aromatic carbocycles. The van der Waals surface area contributed by atoms with Gasteiger partial charge in [0.05, 0.1) is 0 Å². The van der Waals surface area contributed by atoms with E-state index in [2.05, 4.69) is 38.2 Å². The molecule has 0 fully saturated rings. The van der Waals surface area contributed by atoms with Gasteiger partial charge < -0.3 is 5.32 Å². The van der Waals surface area contributed by atoms with E-state index in [-0.39, 0.29) is 0 Å². The Bertz CT molecular complexity index is 360. The minimum absolute atomic E-state index is 0.776. The van der Waals surface area contributed by atoms with Crippen LogP contribution < -0.4 is 5.32 Å². The molecule has 0 amide bonds.